The number of carbonyl (C=O) groups is 1. The molecule has 0 unspecified atom stereocenters. The number of nitrogens with zero attached hydrogens (tertiary/aromatic N) is 1. The van der Waals surface area contributed by atoms with Gasteiger partial charge in [-0.15, -0.1) is 0 Å². The van der Waals surface area contributed by atoms with Crippen LogP contribution in [-0.2, 0) is 19.4 Å². The molecule has 1 atom stereocenters. The normalized spacial score (nSPS) is 15.2. The number of nitrogens with one attached hydrogen (secondary N) is 1. The minimum Gasteiger partial charge on any atom is -0.348 e. The third-order valence-electron chi connectivity index (χ3n) is 6.49. The van der Waals surface area contributed by atoms with E-state index in [1.807, 2.05) is 36.4 Å². The lowest BCUT2D eigenvalue weighted by Gasteiger charge is -2.21. The number of hydrogen-bond donors (Lipinski definition) is 1. The smallest absolute Gasteiger partial charge is 0.251 e. The lowest BCUT2D eigenvalue weighted by Crippen LogP contribution is -2.23. The minimum atomic E-state index is -0.0658. The van der Waals surface area contributed by atoms with Crippen LogP contribution in [0.1, 0.15) is 40.5 Å². The maximum atomic E-state index is 12.8. The van der Waals surface area contributed by atoms with Crippen LogP contribution < -0.4 is 5.32 Å². The Balaban J connectivity index is 1.43. The van der Waals surface area contributed by atoms with Crippen LogP contribution in [0, 0.1) is 5.92 Å². The molecule has 1 N–H and O–H groups in total. The molecule has 0 radical (unpaired) electrons. The van der Waals surface area contributed by atoms with Crippen molar-refractivity contribution >= 4 is 21.8 Å². The number of aromatic nitrogens is 1. The third kappa shape index (κ3) is 4.53. The first-order chi connectivity index (χ1) is 16.1. The standard InChI is InChI=1S/C29H27BrN2O/c1-20-11-16-27-24(17-20)18-28(21-7-3-2-4-8-21)32(27)25-14-12-22(13-15-25)29(33)31-19-23-9-5-6-10-26(23)30/h2-10,12-15,18,20H,11,16-17,19H2,1H3,(H,31,33)/t20-/m0/s1. The fraction of sp³-hybridized carbons (Fsp3) is 0.207. The fourth-order valence-corrected chi connectivity index (χ4v) is 5.13. The summed E-state index contributed by atoms with van der Waals surface area (Å²) in [5.74, 6) is 0.650. The zero-order valence-corrected chi connectivity index (χ0v) is 20.3. The molecule has 166 valence electrons. The first-order valence-corrected chi connectivity index (χ1v) is 12.3. The van der Waals surface area contributed by atoms with Gasteiger partial charge in [0, 0.05) is 28.0 Å². The maximum Gasteiger partial charge on any atom is 0.251 e. The fourth-order valence-electron chi connectivity index (χ4n) is 4.71. The van der Waals surface area contributed by atoms with Crippen LogP contribution in [0.5, 0.6) is 0 Å². The number of fused-ring (bicyclic) bond motifs is 1. The summed E-state index contributed by atoms with van der Waals surface area (Å²) in [6.07, 6.45) is 3.41. The highest BCUT2D eigenvalue weighted by Crippen LogP contribution is 2.35. The van der Waals surface area contributed by atoms with Crippen molar-refractivity contribution in [3.05, 3.63) is 112 Å². The Morgan fingerprint density at radius 3 is 2.48 bits per heavy atom. The van der Waals surface area contributed by atoms with Crippen LogP contribution in [0.15, 0.2) is 89.4 Å². The summed E-state index contributed by atoms with van der Waals surface area (Å²) in [7, 11) is 0. The summed E-state index contributed by atoms with van der Waals surface area (Å²) in [5.41, 5.74) is 8.12. The van der Waals surface area contributed by atoms with Crippen molar-refractivity contribution in [1.82, 2.24) is 9.88 Å². The zero-order chi connectivity index (χ0) is 22.8. The monoisotopic (exact) mass is 498 g/mol. The van der Waals surface area contributed by atoms with Crippen molar-refractivity contribution in [1.29, 1.82) is 0 Å². The number of hydrogen-bond acceptors (Lipinski definition) is 1. The molecule has 4 aromatic rings. The van der Waals surface area contributed by atoms with E-state index in [4.69, 9.17) is 0 Å². The van der Waals surface area contributed by atoms with Crippen molar-refractivity contribution in [2.24, 2.45) is 5.92 Å². The Morgan fingerprint density at radius 2 is 1.73 bits per heavy atom. The molecule has 0 saturated carbocycles. The van der Waals surface area contributed by atoms with Gasteiger partial charge >= 0.3 is 0 Å². The molecule has 3 nitrogen and oxygen atoms in total. The van der Waals surface area contributed by atoms with Crippen molar-refractivity contribution in [3.63, 3.8) is 0 Å². The molecule has 1 aliphatic carbocycles. The highest BCUT2D eigenvalue weighted by atomic mass is 79.9. The van der Waals surface area contributed by atoms with Gasteiger partial charge in [0.1, 0.15) is 0 Å². The summed E-state index contributed by atoms with van der Waals surface area (Å²) in [5, 5.41) is 3.03. The average Bonchev–Trinajstić information content (AvgIpc) is 3.22. The van der Waals surface area contributed by atoms with Gasteiger partial charge in [-0.25, -0.2) is 0 Å². The Hall–Kier alpha value is -3.11. The van der Waals surface area contributed by atoms with E-state index in [2.05, 4.69) is 81.3 Å². The number of benzene rings is 3. The van der Waals surface area contributed by atoms with Crippen LogP contribution in [0.25, 0.3) is 16.9 Å². The predicted molar refractivity (Wildman–Crippen MR) is 138 cm³/mol. The third-order valence-corrected chi connectivity index (χ3v) is 7.26. The summed E-state index contributed by atoms with van der Waals surface area (Å²) in [4.78, 5) is 12.8. The van der Waals surface area contributed by atoms with E-state index in [1.165, 1.54) is 28.9 Å². The van der Waals surface area contributed by atoms with Gasteiger partial charge in [-0.05, 0) is 78.3 Å². The molecule has 33 heavy (non-hydrogen) atoms. The molecule has 4 heteroatoms. The van der Waals surface area contributed by atoms with Gasteiger partial charge in [-0.2, -0.15) is 0 Å². The lowest BCUT2D eigenvalue weighted by molar-refractivity contribution is 0.0951. The highest BCUT2D eigenvalue weighted by molar-refractivity contribution is 9.10. The van der Waals surface area contributed by atoms with Crippen molar-refractivity contribution in [2.75, 3.05) is 0 Å². The van der Waals surface area contributed by atoms with Gasteiger partial charge in [0.15, 0.2) is 0 Å². The second-order valence-electron chi connectivity index (χ2n) is 8.87. The summed E-state index contributed by atoms with van der Waals surface area (Å²) >= 11 is 3.54. The Bertz CT molecular complexity index is 1270. The van der Waals surface area contributed by atoms with E-state index in [1.54, 1.807) is 0 Å². The molecule has 1 amide bonds. The van der Waals surface area contributed by atoms with Gasteiger partial charge in [-0.1, -0.05) is 71.4 Å². The van der Waals surface area contributed by atoms with Gasteiger partial charge in [0.2, 0.25) is 0 Å². The molecule has 0 fully saturated rings. The SMILES string of the molecule is C[C@H]1CCc2c(cc(-c3ccccc3)n2-c2ccc(C(=O)NCc3ccccc3Br)cc2)C1. The molecule has 0 saturated heterocycles. The molecule has 1 aromatic heterocycles. The van der Waals surface area contributed by atoms with Crippen LogP contribution in [0.4, 0.5) is 0 Å². The molecular weight excluding hydrogens is 472 g/mol. The van der Waals surface area contributed by atoms with E-state index >= 15 is 0 Å². The Morgan fingerprint density at radius 1 is 1.00 bits per heavy atom. The predicted octanol–water partition coefficient (Wildman–Crippen LogP) is 6.96. The molecule has 3 aromatic carbocycles. The summed E-state index contributed by atoms with van der Waals surface area (Å²) in [6, 6.07) is 28.9. The van der Waals surface area contributed by atoms with E-state index in [0.29, 0.717) is 18.0 Å². The van der Waals surface area contributed by atoms with Crippen molar-refractivity contribution in [3.8, 4) is 16.9 Å². The second-order valence-corrected chi connectivity index (χ2v) is 9.73. The first kappa shape index (κ1) is 21.7. The minimum absolute atomic E-state index is 0.0658. The number of carbonyl (C=O) groups excluding carboxylic acids is 1. The van der Waals surface area contributed by atoms with Crippen LogP contribution in [0.3, 0.4) is 0 Å². The molecule has 0 bridgehead atoms. The first-order valence-electron chi connectivity index (χ1n) is 11.5. The number of halogens is 1. The molecule has 1 aliphatic rings. The van der Waals surface area contributed by atoms with E-state index in [-0.39, 0.29) is 5.91 Å². The molecule has 5 rings (SSSR count). The number of rotatable bonds is 5. The quantitative estimate of drug-likeness (QED) is 0.317. The number of amides is 1. The van der Waals surface area contributed by atoms with E-state index in [0.717, 1.165) is 28.6 Å². The second kappa shape index (κ2) is 9.40. The van der Waals surface area contributed by atoms with Gasteiger partial charge in [0.05, 0.1) is 5.69 Å². The van der Waals surface area contributed by atoms with Crippen LogP contribution >= 0.6 is 15.9 Å². The maximum absolute atomic E-state index is 12.8. The average molecular weight is 499 g/mol. The van der Waals surface area contributed by atoms with E-state index in [9.17, 15) is 4.79 Å². The summed E-state index contributed by atoms with van der Waals surface area (Å²) in [6.45, 7) is 2.83. The molecule has 0 spiro atoms. The van der Waals surface area contributed by atoms with Crippen molar-refractivity contribution in [2.45, 2.75) is 32.7 Å². The Labute approximate surface area is 203 Å². The zero-order valence-electron chi connectivity index (χ0n) is 18.7. The van der Waals surface area contributed by atoms with Gasteiger partial charge in [0.25, 0.3) is 5.91 Å². The molecular formula is C29H27BrN2O. The van der Waals surface area contributed by atoms with Gasteiger partial charge < -0.3 is 9.88 Å². The summed E-state index contributed by atoms with van der Waals surface area (Å²) < 4.78 is 3.39. The van der Waals surface area contributed by atoms with E-state index < -0.39 is 0 Å². The highest BCUT2D eigenvalue weighted by Gasteiger charge is 2.23. The van der Waals surface area contributed by atoms with Crippen LogP contribution in [0.2, 0.25) is 0 Å². The Kier molecular flexibility index (Phi) is 6.19. The topological polar surface area (TPSA) is 34.0 Å². The largest absolute Gasteiger partial charge is 0.348 e. The van der Waals surface area contributed by atoms with Crippen LogP contribution in [-0.4, -0.2) is 10.5 Å². The molecule has 1 heterocycles. The lowest BCUT2D eigenvalue weighted by atomic mass is 9.89. The van der Waals surface area contributed by atoms with Gasteiger partial charge in [-0.3, -0.25) is 4.79 Å². The van der Waals surface area contributed by atoms with Crippen molar-refractivity contribution < 1.29 is 4.79 Å². The molecule has 0 aliphatic heterocycles.